The van der Waals surface area contributed by atoms with E-state index in [0.717, 1.165) is 24.8 Å². The number of anilines is 1. The van der Waals surface area contributed by atoms with Crippen molar-refractivity contribution >= 4 is 15.9 Å². The Morgan fingerprint density at radius 1 is 1.25 bits per heavy atom. The van der Waals surface area contributed by atoms with Crippen molar-refractivity contribution in [3.8, 4) is 0 Å². The van der Waals surface area contributed by atoms with E-state index in [2.05, 4.69) is 10.0 Å². The lowest BCUT2D eigenvalue weighted by molar-refractivity contribution is 0.250. The third kappa shape index (κ3) is 3.71. The maximum atomic E-state index is 12.5. The van der Waals surface area contributed by atoms with Gasteiger partial charge in [-0.3, -0.25) is 4.72 Å². The van der Waals surface area contributed by atoms with Crippen LogP contribution in [0, 0.1) is 6.92 Å². The van der Waals surface area contributed by atoms with Crippen LogP contribution in [0.25, 0.3) is 0 Å². The van der Waals surface area contributed by atoms with Gasteiger partial charge in [-0.1, -0.05) is 24.1 Å². The van der Waals surface area contributed by atoms with Gasteiger partial charge in [0.25, 0.3) is 0 Å². The van der Waals surface area contributed by atoms with Crippen LogP contribution in [0.3, 0.4) is 0 Å². The number of nitrogens with one attached hydrogen (secondary N) is 2. The summed E-state index contributed by atoms with van der Waals surface area (Å²) in [6.07, 6.45) is 2.92. The van der Waals surface area contributed by atoms with Gasteiger partial charge in [-0.05, 0) is 38.9 Å². The predicted octanol–water partition coefficient (Wildman–Crippen LogP) is 1.73. The summed E-state index contributed by atoms with van der Waals surface area (Å²) in [5, 5.41) is 3.08. The van der Waals surface area contributed by atoms with Crippen molar-refractivity contribution in [1.29, 1.82) is 0 Å². The van der Waals surface area contributed by atoms with Crippen LogP contribution in [0.5, 0.6) is 0 Å². The molecule has 1 aromatic carbocycles. The number of hydrogen-bond donors (Lipinski definition) is 2. The molecule has 0 saturated carbocycles. The molecule has 1 atom stereocenters. The van der Waals surface area contributed by atoms with Gasteiger partial charge >= 0.3 is 10.2 Å². The van der Waals surface area contributed by atoms with E-state index in [0.29, 0.717) is 18.8 Å². The van der Waals surface area contributed by atoms with Crippen molar-refractivity contribution in [3.63, 3.8) is 0 Å². The minimum atomic E-state index is -3.48. The highest BCUT2D eigenvalue weighted by atomic mass is 32.2. The van der Waals surface area contributed by atoms with Crippen LogP contribution in [0.1, 0.15) is 24.8 Å². The van der Waals surface area contributed by atoms with E-state index in [4.69, 9.17) is 0 Å². The SMILES string of the molecule is CNCC1CCCCN1S(=O)(=O)Nc1ccc(C)cc1. The molecule has 0 aromatic heterocycles. The zero-order chi connectivity index (χ0) is 14.6. The molecular weight excluding hydrogens is 274 g/mol. The number of hydrogen-bond acceptors (Lipinski definition) is 3. The van der Waals surface area contributed by atoms with Gasteiger partial charge in [0, 0.05) is 24.8 Å². The van der Waals surface area contributed by atoms with E-state index in [1.165, 1.54) is 0 Å². The van der Waals surface area contributed by atoms with Crippen LogP contribution in [0.15, 0.2) is 24.3 Å². The molecule has 0 bridgehead atoms. The molecule has 1 aliphatic heterocycles. The van der Waals surface area contributed by atoms with E-state index < -0.39 is 10.2 Å². The third-order valence-electron chi connectivity index (χ3n) is 3.62. The van der Waals surface area contributed by atoms with Gasteiger partial charge in [-0.15, -0.1) is 0 Å². The standard InChI is InChI=1S/C14H23N3O2S/c1-12-6-8-13(9-7-12)16-20(18,19)17-10-4-3-5-14(17)11-15-2/h6-9,14-16H,3-5,10-11H2,1-2H3. The Balaban J connectivity index is 2.13. The van der Waals surface area contributed by atoms with Crippen LogP contribution in [-0.4, -0.2) is 38.9 Å². The highest BCUT2D eigenvalue weighted by Gasteiger charge is 2.31. The van der Waals surface area contributed by atoms with Gasteiger partial charge in [0.2, 0.25) is 0 Å². The second-order valence-electron chi connectivity index (χ2n) is 5.29. The average Bonchev–Trinajstić information content (AvgIpc) is 2.42. The number of nitrogens with zero attached hydrogens (tertiary/aromatic N) is 1. The molecule has 1 saturated heterocycles. The summed E-state index contributed by atoms with van der Waals surface area (Å²) in [6.45, 7) is 3.26. The second kappa shape index (κ2) is 6.56. The van der Waals surface area contributed by atoms with Crippen LogP contribution < -0.4 is 10.0 Å². The quantitative estimate of drug-likeness (QED) is 0.870. The first-order chi connectivity index (χ1) is 9.53. The largest absolute Gasteiger partial charge is 0.318 e. The van der Waals surface area contributed by atoms with Gasteiger partial charge in [-0.25, -0.2) is 0 Å². The fourth-order valence-corrected chi connectivity index (χ4v) is 4.05. The highest BCUT2D eigenvalue weighted by molar-refractivity contribution is 7.90. The van der Waals surface area contributed by atoms with Crippen molar-refractivity contribution in [2.24, 2.45) is 0 Å². The summed E-state index contributed by atoms with van der Waals surface area (Å²) in [5.74, 6) is 0. The Kier molecular flexibility index (Phi) is 5.01. The topological polar surface area (TPSA) is 61.4 Å². The lowest BCUT2D eigenvalue weighted by Crippen LogP contribution is -2.49. The van der Waals surface area contributed by atoms with Gasteiger partial charge in [0.1, 0.15) is 0 Å². The van der Waals surface area contributed by atoms with Crippen LogP contribution in [-0.2, 0) is 10.2 Å². The van der Waals surface area contributed by atoms with Gasteiger partial charge in [-0.2, -0.15) is 12.7 Å². The zero-order valence-corrected chi connectivity index (χ0v) is 12.9. The normalized spacial score (nSPS) is 20.8. The van der Waals surface area contributed by atoms with Crippen LogP contribution in [0.2, 0.25) is 0 Å². The molecule has 1 heterocycles. The molecule has 1 fully saturated rings. The Labute approximate surface area is 121 Å². The second-order valence-corrected chi connectivity index (χ2v) is 6.91. The minimum absolute atomic E-state index is 0.0386. The lowest BCUT2D eigenvalue weighted by atomic mass is 10.1. The van der Waals surface area contributed by atoms with Crippen LogP contribution >= 0.6 is 0 Å². The molecule has 0 radical (unpaired) electrons. The van der Waals surface area contributed by atoms with Crippen LogP contribution in [0.4, 0.5) is 5.69 Å². The monoisotopic (exact) mass is 297 g/mol. The molecule has 6 heteroatoms. The molecule has 0 aliphatic carbocycles. The molecule has 5 nitrogen and oxygen atoms in total. The summed E-state index contributed by atoms with van der Waals surface area (Å²) in [5.41, 5.74) is 1.73. The number of aryl methyl sites for hydroxylation is 1. The molecule has 1 aliphatic rings. The predicted molar refractivity (Wildman–Crippen MR) is 82.0 cm³/mol. The first-order valence-electron chi connectivity index (χ1n) is 7.04. The van der Waals surface area contributed by atoms with Gasteiger partial charge < -0.3 is 5.32 Å². The summed E-state index contributed by atoms with van der Waals surface area (Å²) in [4.78, 5) is 0. The first-order valence-corrected chi connectivity index (χ1v) is 8.48. The van der Waals surface area contributed by atoms with Crippen molar-refractivity contribution < 1.29 is 8.42 Å². The molecule has 2 N–H and O–H groups in total. The molecule has 1 unspecified atom stereocenters. The number of rotatable bonds is 5. The Morgan fingerprint density at radius 3 is 2.60 bits per heavy atom. The highest BCUT2D eigenvalue weighted by Crippen LogP contribution is 2.22. The molecular formula is C14H23N3O2S. The molecule has 112 valence electrons. The molecule has 20 heavy (non-hydrogen) atoms. The Morgan fingerprint density at radius 2 is 1.95 bits per heavy atom. The van der Waals surface area contributed by atoms with E-state index in [-0.39, 0.29) is 6.04 Å². The fraction of sp³-hybridized carbons (Fsp3) is 0.571. The summed E-state index contributed by atoms with van der Waals surface area (Å²) in [6, 6.07) is 7.43. The average molecular weight is 297 g/mol. The van der Waals surface area contributed by atoms with Crippen molar-refractivity contribution in [2.45, 2.75) is 32.2 Å². The number of benzene rings is 1. The van der Waals surface area contributed by atoms with E-state index in [1.807, 2.05) is 26.1 Å². The molecule has 0 amide bonds. The fourth-order valence-electron chi connectivity index (χ4n) is 2.56. The first kappa shape index (κ1) is 15.3. The number of likely N-dealkylation sites (N-methyl/N-ethyl adjacent to an activating group) is 1. The molecule has 2 rings (SSSR count). The van der Waals surface area contributed by atoms with Crippen molar-refractivity contribution in [2.75, 3.05) is 24.9 Å². The molecule has 0 spiro atoms. The molecule has 1 aromatic rings. The third-order valence-corrected chi connectivity index (χ3v) is 5.21. The smallest absolute Gasteiger partial charge is 0.301 e. The van der Waals surface area contributed by atoms with E-state index in [9.17, 15) is 8.42 Å². The summed E-state index contributed by atoms with van der Waals surface area (Å²) in [7, 11) is -1.62. The van der Waals surface area contributed by atoms with Crippen molar-refractivity contribution in [1.82, 2.24) is 9.62 Å². The minimum Gasteiger partial charge on any atom is -0.318 e. The number of piperidine rings is 1. The maximum absolute atomic E-state index is 12.5. The van der Waals surface area contributed by atoms with Crippen molar-refractivity contribution in [3.05, 3.63) is 29.8 Å². The lowest BCUT2D eigenvalue weighted by Gasteiger charge is -2.34. The van der Waals surface area contributed by atoms with E-state index >= 15 is 0 Å². The van der Waals surface area contributed by atoms with Gasteiger partial charge in [0.15, 0.2) is 0 Å². The van der Waals surface area contributed by atoms with E-state index in [1.54, 1.807) is 16.4 Å². The zero-order valence-electron chi connectivity index (χ0n) is 12.1. The Bertz CT molecular complexity index is 526. The summed E-state index contributed by atoms with van der Waals surface area (Å²) < 4.78 is 29.3. The maximum Gasteiger partial charge on any atom is 0.301 e. The summed E-state index contributed by atoms with van der Waals surface area (Å²) >= 11 is 0. The Hall–Kier alpha value is -1.11. The van der Waals surface area contributed by atoms with Gasteiger partial charge in [0.05, 0.1) is 0 Å².